The summed E-state index contributed by atoms with van der Waals surface area (Å²) in [5.41, 5.74) is 4.72. The third-order valence-electron chi connectivity index (χ3n) is 8.80. The van der Waals surface area contributed by atoms with E-state index in [9.17, 15) is 0 Å². The zero-order valence-corrected chi connectivity index (χ0v) is 22.3. The fourth-order valence-electron chi connectivity index (χ4n) is 6.42. The molecule has 0 heteroatoms. The van der Waals surface area contributed by atoms with Crippen molar-refractivity contribution in [2.75, 3.05) is 0 Å². The van der Waals surface area contributed by atoms with Crippen LogP contribution >= 0.6 is 0 Å². The minimum Gasteiger partial charge on any atom is -0.0804 e. The van der Waals surface area contributed by atoms with Gasteiger partial charge < -0.3 is 0 Å². The Morgan fingerprint density at radius 1 is 0.606 bits per heavy atom. The van der Waals surface area contributed by atoms with Crippen molar-refractivity contribution < 1.29 is 0 Å². The van der Waals surface area contributed by atoms with E-state index >= 15 is 0 Å². The molecule has 186 valence electrons. The van der Waals surface area contributed by atoms with Crippen molar-refractivity contribution in [2.24, 2.45) is 11.8 Å². The van der Waals surface area contributed by atoms with Crippen LogP contribution in [0.15, 0.2) is 30.3 Å². The summed E-state index contributed by atoms with van der Waals surface area (Å²) in [5, 5.41) is 0. The van der Waals surface area contributed by atoms with E-state index in [1.54, 1.807) is 11.1 Å². The van der Waals surface area contributed by atoms with Gasteiger partial charge in [0.2, 0.25) is 0 Å². The molecule has 33 heavy (non-hydrogen) atoms. The number of hydrogen-bond donors (Lipinski definition) is 0. The van der Waals surface area contributed by atoms with Gasteiger partial charge >= 0.3 is 0 Å². The monoisotopic (exact) mass is 450 g/mol. The van der Waals surface area contributed by atoms with E-state index in [2.05, 4.69) is 44.2 Å². The lowest BCUT2D eigenvalue weighted by atomic mass is 9.76. The lowest BCUT2D eigenvalue weighted by Gasteiger charge is -2.29. The average Bonchev–Trinajstić information content (AvgIpc) is 2.87. The molecule has 1 unspecified atom stereocenters. The minimum atomic E-state index is 0.817. The minimum absolute atomic E-state index is 0.817. The van der Waals surface area contributed by atoms with Crippen LogP contribution in [0.5, 0.6) is 0 Å². The Hall–Kier alpha value is -1.04. The van der Waals surface area contributed by atoms with Crippen molar-refractivity contribution in [1.82, 2.24) is 0 Å². The van der Waals surface area contributed by atoms with E-state index in [1.165, 1.54) is 134 Å². The highest BCUT2D eigenvalue weighted by Gasteiger charge is 2.22. The molecule has 3 rings (SSSR count). The van der Waals surface area contributed by atoms with Gasteiger partial charge in [-0.3, -0.25) is 0 Å². The van der Waals surface area contributed by atoms with Gasteiger partial charge in [0.25, 0.3) is 0 Å². The van der Waals surface area contributed by atoms with Crippen LogP contribution in [0.1, 0.15) is 159 Å². The first kappa shape index (κ1) is 26.6. The third kappa shape index (κ3) is 9.62. The Morgan fingerprint density at radius 2 is 1.18 bits per heavy atom. The SMILES string of the molecule is CCCCCCCCC1CCC(c2ccc(C3=CCC(CCCCCCC)CC3)cc2)CC1. The second-order valence-electron chi connectivity index (χ2n) is 11.5. The van der Waals surface area contributed by atoms with Gasteiger partial charge in [0, 0.05) is 0 Å². The van der Waals surface area contributed by atoms with E-state index in [-0.39, 0.29) is 0 Å². The average molecular weight is 451 g/mol. The van der Waals surface area contributed by atoms with Crippen molar-refractivity contribution in [3.8, 4) is 0 Å². The van der Waals surface area contributed by atoms with Crippen molar-refractivity contribution in [3.05, 3.63) is 41.5 Å². The number of benzene rings is 1. The zero-order chi connectivity index (χ0) is 23.1. The van der Waals surface area contributed by atoms with Crippen LogP contribution in [0, 0.1) is 11.8 Å². The molecule has 0 saturated heterocycles. The maximum Gasteiger partial charge on any atom is -0.0162 e. The standard InChI is InChI=1S/C33H54/c1-3-5-7-9-11-13-15-29-18-22-31(23-19-29)33-26-24-32(25-27-33)30-20-16-28(17-21-30)14-12-10-8-6-4-2/h20,24-29,31H,3-19,21-23H2,1-2H3. The summed E-state index contributed by atoms with van der Waals surface area (Å²) in [4.78, 5) is 0. The molecule has 2 aliphatic rings. The van der Waals surface area contributed by atoms with Crippen LogP contribution in [0.25, 0.3) is 5.57 Å². The van der Waals surface area contributed by atoms with Gasteiger partial charge in [-0.25, -0.2) is 0 Å². The Morgan fingerprint density at radius 3 is 1.76 bits per heavy atom. The van der Waals surface area contributed by atoms with Gasteiger partial charge in [0.05, 0.1) is 0 Å². The molecule has 1 fully saturated rings. The molecule has 0 aliphatic heterocycles. The van der Waals surface area contributed by atoms with Crippen LogP contribution < -0.4 is 0 Å². The molecular weight excluding hydrogens is 396 g/mol. The molecule has 0 heterocycles. The Bertz CT molecular complexity index is 643. The fourth-order valence-corrected chi connectivity index (χ4v) is 6.42. The van der Waals surface area contributed by atoms with Gasteiger partial charge in [0.15, 0.2) is 0 Å². The highest BCUT2D eigenvalue weighted by atomic mass is 14.3. The van der Waals surface area contributed by atoms with Gasteiger partial charge in [-0.05, 0) is 79.4 Å². The Kier molecular flexibility index (Phi) is 12.7. The summed E-state index contributed by atoms with van der Waals surface area (Å²) < 4.78 is 0. The highest BCUT2D eigenvalue weighted by molar-refractivity contribution is 5.66. The Balaban J connectivity index is 1.34. The molecule has 1 aromatic carbocycles. The van der Waals surface area contributed by atoms with Gasteiger partial charge in [-0.15, -0.1) is 0 Å². The first-order valence-electron chi connectivity index (χ1n) is 15.1. The molecule has 1 aromatic rings. The molecule has 0 bridgehead atoms. The van der Waals surface area contributed by atoms with Crippen molar-refractivity contribution >= 4 is 5.57 Å². The molecule has 0 radical (unpaired) electrons. The second kappa shape index (κ2) is 15.8. The lowest BCUT2D eigenvalue weighted by molar-refractivity contribution is 0.302. The molecule has 0 amide bonds. The molecular formula is C33H54. The summed E-state index contributed by atoms with van der Waals surface area (Å²) in [5.74, 6) is 2.78. The summed E-state index contributed by atoms with van der Waals surface area (Å²) in [6, 6.07) is 9.81. The number of allylic oxidation sites excluding steroid dienone is 2. The van der Waals surface area contributed by atoms with Crippen molar-refractivity contribution in [3.63, 3.8) is 0 Å². The molecule has 1 saturated carbocycles. The van der Waals surface area contributed by atoms with Crippen LogP contribution in [0.4, 0.5) is 0 Å². The summed E-state index contributed by atoms with van der Waals surface area (Å²) in [6.07, 6.45) is 31.1. The van der Waals surface area contributed by atoms with Gasteiger partial charge in [-0.1, -0.05) is 128 Å². The number of unbranched alkanes of at least 4 members (excludes halogenated alkanes) is 9. The summed E-state index contributed by atoms with van der Waals surface area (Å²) in [6.45, 7) is 4.62. The topological polar surface area (TPSA) is 0 Å². The van der Waals surface area contributed by atoms with Crippen LogP contribution in [0.3, 0.4) is 0 Å². The highest BCUT2D eigenvalue weighted by Crippen LogP contribution is 2.39. The van der Waals surface area contributed by atoms with Crippen molar-refractivity contribution in [2.45, 2.75) is 148 Å². The quantitative estimate of drug-likeness (QED) is 0.233. The molecule has 0 spiro atoms. The van der Waals surface area contributed by atoms with Crippen LogP contribution in [-0.4, -0.2) is 0 Å². The first-order chi connectivity index (χ1) is 16.3. The molecule has 1 atom stereocenters. The Labute approximate surface area is 207 Å². The van der Waals surface area contributed by atoms with Gasteiger partial charge in [0.1, 0.15) is 0 Å². The normalized spacial score (nSPS) is 23.5. The van der Waals surface area contributed by atoms with E-state index in [1.807, 2.05) is 0 Å². The third-order valence-corrected chi connectivity index (χ3v) is 8.80. The summed E-state index contributed by atoms with van der Waals surface area (Å²) >= 11 is 0. The van der Waals surface area contributed by atoms with E-state index < -0.39 is 0 Å². The lowest BCUT2D eigenvalue weighted by Crippen LogP contribution is -2.13. The van der Waals surface area contributed by atoms with Crippen molar-refractivity contribution in [1.29, 1.82) is 0 Å². The van der Waals surface area contributed by atoms with E-state index in [0.717, 1.165) is 17.8 Å². The largest absolute Gasteiger partial charge is 0.0804 e. The smallest absolute Gasteiger partial charge is 0.0162 e. The number of hydrogen-bond acceptors (Lipinski definition) is 0. The summed E-state index contributed by atoms with van der Waals surface area (Å²) in [7, 11) is 0. The predicted molar refractivity (Wildman–Crippen MR) is 148 cm³/mol. The van der Waals surface area contributed by atoms with Crippen LogP contribution in [-0.2, 0) is 0 Å². The maximum atomic E-state index is 2.57. The maximum absolute atomic E-state index is 2.57. The zero-order valence-electron chi connectivity index (χ0n) is 22.3. The van der Waals surface area contributed by atoms with Crippen LogP contribution in [0.2, 0.25) is 0 Å². The molecule has 0 nitrogen and oxygen atoms in total. The number of rotatable bonds is 15. The molecule has 0 aromatic heterocycles. The first-order valence-corrected chi connectivity index (χ1v) is 15.1. The fraction of sp³-hybridized carbons (Fsp3) is 0.758. The van der Waals surface area contributed by atoms with E-state index in [4.69, 9.17) is 0 Å². The second-order valence-corrected chi connectivity index (χ2v) is 11.5. The predicted octanol–water partition coefficient (Wildman–Crippen LogP) is 11.3. The van der Waals surface area contributed by atoms with E-state index in [0.29, 0.717) is 0 Å². The van der Waals surface area contributed by atoms with Gasteiger partial charge in [-0.2, -0.15) is 0 Å². The molecule has 2 aliphatic carbocycles. The molecule has 0 N–H and O–H groups in total.